The van der Waals surface area contributed by atoms with E-state index in [2.05, 4.69) is 0 Å². The molecule has 0 aliphatic heterocycles. The Balaban J connectivity index is 3.20. The molecule has 0 aliphatic carbocycles. The van der Waals surface area contributed by atoms with Crippen molar-refractivity contribution in [3.63, 3.8) is 0 Å². The number of benzene rings is 1. The van der Waals surface area contributed by atoms with Crippen LogP contribution in [0.4, 0.5) is 18.0 Å². The van der Waals surface area contributed by atoms with Crippen LogP contribution < -0.4 is 10.0 Å². The third-order valence-electron chi connectivity index (χ3n) is 2.11. The van der Waals surface area contributed by atoms with E-state index in [1.807, 2.05) is 5.32 Å². The number of rotatable bonds is 3. The van der Waals surface area contributed by atoms with Crippen LogP contribution in [0, 0.1) is 0 Å². The second-order valence-electron chi connectivity index (χ2n) is 3.60. The summed E-state index contributed by atoms with van der Waals surface area (Å²) in [6.45, 7) is 0. The van der Waals surface area contributed by atoms with Crippen LogP contribution in [0.2, 0.25) is 0 Å². The van der Waals surface area contributed by atoms with Crippen molar-refractivity contribution in [3.05, 3.63) is 35.9 Å². The van der Waals surface area contributed by atoms with Crippen molar-refractivity contribution in [1.29, 1.82) is 0 Å². The predicted octanol–water partition coefficient (Wildman–Crippen LogP) is 1.88. The molecule has 9 heteroatoms. The third kappa shape index (κ3) is 4.57. The zero-order chi connectivity index (χ0) is 15.4. The molecular weight excluding hydrogens is 297 g/mol. The SMILES string of the molecule is CNC(=O)NS(=O)(=O)c1ccccc1C=CC(F)(F)F. The molecule has 2 N–H and O–H groups in total. The number of amides is 2. The van der Waals surface area contributed by atoms with Gasteiger partial charge in [-0.1, -0.05) is 18.2 Å². The Hall–Kier alpha value is -2.03. The number of urea groups is 1. The lowest BCUT2D eigenvalue weighted by atomic mass is 10.2. The Morgan fingerprint density at radius 1 is 1.25 bits per heavy atom. The maximum Gasteiger partial charge on any atom is 0.409 e. The molecule has 0 aliphatic rings. The van der Waals surface area contributed by atoms with Gasteiger partial charge in [-0.15, -0.1) is 0 Å². The minimum absolute atomic E-state index is 0.0821. The second-order valence-corrected chi connectivity index (χ2v) is 5.25. The average molecular weight is 308 g/mol. The number of carbonyl (C=O) groups excluding carboxylic acids is 1. The molecule has 0 atom stereocenters. The Morgan fingerprint density at radius 2 is 1.85 bits per heavy atom. The van der Waals surface area contributed by atoms with Gasteiger partial charge in [-0.2, -0.15) is 13.2 Å². The molecule has 0 saturated heterocycles. The lowest BCUT2D eigenvalue weighted by Gasteiger charge is -2.09. The molecule has 5 nitrogen and oxygen atoms in total. The third-order valence-corrected chi connectivity index (χ3v) is 3.52. The van der Waals surface area contributed by atoms with E-state index in [0.717, 1.165) is 6.07 Å². The van der Waals surface area contributed by atoms with Crippen LogP contribution in [0.15, 0.2) is 35.2 Å². The summed E-state index contributed by atoms with van der Waals surface area (Å²) in [6, 6.07) is 4.03. The summed E-state index contributed by atoms with van der Waals surface area (Å²) in [5.74, 6) is 0. The summed E-state index contributed by atoms with van der Waals surface area (Å²) in [5, 5.41) is 2.04. The lowest BCUT2D eigenvalue weighted by Crippen LogP contribution is -2.37. The number of hydrogen-bond acceptors (Lipinski definition) is 3. The average Bonchev–Trinajstić information content (AvgIpc) is 2.35. The molecule has 1 aromatic carbocycles. The topological polar surface area (TPSA) is 75.3 Å². The molecule has 0 heterocycles. The zero-order valence-electron chi connectivity index (χ0n) is 10.2. The van der Waals surface area contributed by atoms with Crippen molar-refractivity contribution in [2.45, 2.75) is 11.1 Å². The molecule has 2 amide bonds. The maximum absolute atomic E-state index is 12.1. The molecule has 0 radical (unpaired) electrons. The first kappa shape index (κ1) is 16.0. The van der Waals surface area contributed by atoms with Crippen LogP contribution in [-0.4, -0.2) is 27.7 Å². The van der Waals surface area contributed by atoms with Crippen LogP contribution in [0.25, 0.3) is 6.08 Å². The second kappa shape index (κ2) is 5.95. The molecule has 0 fully saturated rings. The van der Waals surface area contributed by atoms with E-state index in [9.17, 15) is 26.4 Å². The van der Waals surface area contributed by atoms with Crippen molar-refractivity contribution in [1.82, 2.24) is 10.0 Å². The summed E-state index contributed by atoms with van der Waals surface area (Å²) in [4.78, 5) is 10.6. The van der Waals surface area contributed by atoms with E-state index in [1.54, 1.807) is 4.72 Å². The van der Waals surface area contributed by atoms with Gasteiger partial charge in [0.2, 0.25) is 0 Å². The van der Waals surface area contributed by atoms with Crippen LogP contribution >= 0.6 is 0 Å². The Labute approximate surface area is 113 Å². The van der Waals surface area contributed by atoms with Gasteiger partial charge < -0.3 is 5.32 Å². The van der Waals surface area contributed by atoms with Gasteiger partial charge in [-0.25, -0.2) is 17.9 Å². The van der Waals surface area contributed by atoms with Crippen molar-refractivity contribution < 1.29 is 26.4 Å². The Bertz CT molecular complexity index is 624. The standard InChI is InChI=1S/C11H11F3N2O3S/c1-15-10(17)16-20(18,19)9-5-3-2-4-8(9)6-7-11(12,13)14/h2-7H,1H3,(H2,15,16,17). The number of sulfonamides is 1. The van der Waals surface area contributed by atoms with Gasteiger partial charge in [0.15, 0.2) is 0 Å². The van der Waals surface area contributed by atoms with Gasteiger partial charge in [0, 0.05) is 13.1 Å². The fraction of sp³-hybridized carbons (Fsp3) is 0.182. The first-order chi connectivity index (χ1) is 9.15. The van der Waals surface area contributed by atoms with Gasteiger partial charge in [0.05, 0.1) is 4.90 Å². The van der Waals surface area contributed by atoms with E-state index in [0.29, 0.717) is 6.08 Å². The predicted molar refractivity (Wildman–Crippen MR) is 66.3 cm³/mol. The Kier molecular flexibility index (Phi) is 4.77. The van der Waals surface area contributed by atoms with E-state index in [1.165, 1.54) is 25.2 Å². The molecule has 1 aromatic rings. The number of alkyl halides is 3. The highest BCUT2D eigenvalue weighted by Crippen LogP contribution is 2.21. The Morgan fingerprint density at radius 3 is 2.40 bits per heavy atom. The van der Waals surface area contributed by atoms with Gasteiger partial charge in [-0.05, 0) is 17.7 Å². The van der Waals surface area contributed by atoms with Gasteiger partial charge in [0.1, 0.15) is 0 Å². The highest BCUT2D eigenvalue weighted by Gasteiger charge is 2.24. The molecule has 20 heavy (non-hydrogen) atoms. The fourth-order valence-corrected chi connectivity index (χ4v) is 2.44. The van der Waals surface area contributed by atoms with Gasteiger partial charge in [0.25, 0.3) is 10.0 Å². The first-order valence-corrected chi connectivity index (χ1v) is 6.73. The maximum atomic E-state index is 12.1. The van der Waals surface area contributed by atoms with Crippen LogP contribution in [-0.2, 0) is 10.0 Å². The highest BCUT2D eigenvalue weighted by molar-refractivity contribution is 7.90. The van der Waals surface area contributed by atoms with E-state index in [-0.39, 0.29) is 11.6 Å². The first-order valence-electron chi connectivity index (χ1n) is 5.25. The molecule has 0 unspecified atom stereocenters. The highest BCUT2D eigenvalue weighted by atomic mass is 32.2. The van der Waals surface area contributed by atoms with Gasteiger partial charge in [-0.3, -0.25) is 0 Å². The summed E-state index contributed by atoms with van der Waals surface area (Å²) in [5.41, 5.74) is -0.179. The summed E-state index contributed by atoms with van der Waals surface area (Å²) in [7, 11) is -3.04. The molecule has 0 aromatic heterocycles. The quantitative estimate of drug-likeness (QED) is 0.895. The number of hydrogen-bond donors (Lipinski definition) is 2. The fourth-order valence-electron chi connectivity index (χ4n) is 1.28. The molecule has 0 bridgehead atoms. The van der Waals surface area contributed by atoms with E-state index < -0.39 is 27.1 Å². The lowest BCUT2D eigenvalue weighted by molar-refractivity contribution is -0.0790. The van der Waals surface area contributed by atoms with Crippen LogP contribution in [0.1, 0.15) is 5.56 Å². The molecule has 110 valence electrons. The minimum atomic E-state index is -4.56. The van der Waals surface area contributed by atoms with E-state index in [4.69, 9.17) is 0 Å². The molecule has 1 rings (SSSR count). The number of carbonyl (C=O) groups is 1. The van der Waals surface area contributed by atoms with Crippen molar-refractivity contribution in [2.75, 3.05) is 7.05 Å². The number of allylic oxidation sites excluding steroid dienone is 1. The minimum Gasteiger partial charge on any atom is -0.340 e. The smallest absolute Gasteiger partial charge is 0.340 e. The van der Waals surface area contributed by atoms with Crippen molar-refractivity contribution in [2.24, 2.45) is 0 Å². The van der Waals surface area contributed by atoms with Crippen molar-refractivity contribution >= 4 is 22.1 Å². The number of halogens is 3. The molecule has 0 saturated carbocycles. The van der Waals surface area contributed by atoms with Crippen molar-refractivity contribution in [3.8, 4) is 0 Å². The monoisotopic (exact) mass is 308 g/mol. The summed E-state index contributed by atoms with van der Waals surface area (Å²) < 4.78 is 61.7. The normalized spacial score (nSPS) is 12.4. The zero-order valence-corrected chi connectivity index (χ0v) is 11.0. The largest absolute Gasteiger partial charge is 0.409 e. The number of nitrogens with one attached hydrogen (secondary N) is 2. The van der Waals surface area contributed by atoms with Gasteiger partial charge >= 0.3 is 12.2 Å². The molecular formula is C11H11F3N2O3S. The van der Waals surface area contributed by atoms with Crippen LogP contribution in [0.3, 0.4) is 0 Å². The summed E-state index contributed by atoms with van der Waals surface area (Å²) >= 11 is 0. The van der Waals surface area contributed by atoms with Crippen LogP contribution in [0.5, 0.6) is 0 Å². The summed E-state index contributed by atoms with van der Waals surface area (Å²) in [6.07, 6.45) is -4.02. The van der Waals surface area contributed by atoms with E-state index >= 15 is 0 Å². The molecule has 0 spiro atoms.